The first-order valence-corrected chi connectivity index (χ1v) is 7.22. The second-order valence-electron chi connectivity index (χ2n) is 5.41. The Morgan fingerprint density at radius 1 is 1.40 bits per heavy atom. The van der Waals surface area contributed by atoms with Crippen LogP contribution in [0.15, 0.2) is 24.3 Å². The van der Waals surface area contributed by atoms with Crippen molar-refractivity contribution in [3.8, 4) is 5.75 Å². The number of hydrogen-bond acceptors (Lipinski definition) is 3. The van der Waals surface area contributed by atoms with Gasteiger partial charge >= 0.3 is 0 Å². The second-order valence-corrected chi connectivity index (χ2v) is 5.41. The highest BCUT2D eigenvalue weighted by Gasteiger charge is 2.15. The molecule has 0 spiro atoms. The average molecular weight is 278 g/mol. The summed E-state index contributed by atoms with van der Waals surface area (Å²) in [6.07, 6.45) is 1.17. The Labute approximate surface area is 121 Å². The molecule has 0 aliphatic carbocycles. The Bertz CT molecular complexity index is 419. The fourth-order valence-electron chi connectivity index (χ4n) is 2.00. The number of hydrogen-bond donors (Lipinski definition) is 2. The molecule has 4 nitrogen and oxygen atoms in total. The number of aryl methyl sites for hydroxylation is 1. The smallest absolute Gasteiger partial charge is 0.223 e. The van der Waals surface area contributed by atoms with Gasteiger partial charge in [-0.05, 0) is 43.5 Å². The molecule has 0 saturated heterocycles. The van der Waals surface area contributed by atoms with Gasteiger partial charge in [0.25, 0.3) is 0 Å². The third kappa shape index (κ3) is 6.06. The van der Waals surface area contributed by atoms with Crippen molar-refractivity contribution in [2.45, 2.75) is 39.7 Å². The van der Waals surface area contributed by atoms with Crippen molar-refractivity contribution < 1.29 is 9.53 Å². The summed E-state index contributed by atoms with van der Waals surface area (Å²) in [5.41, 5.74) is 6.71. The summed E-state index contributed by atoms with van der Waals surface area (Å²) in [6.45, 7) is 7.17. The van der Waals surface area contributed by atoms with Gasteiger partial charge in [-0.1, -0.05) is 26.0 Å². The molecule has 20 heavy (non-hydrogen) atoms. The first-order valence-electron chi connectivity index (χ1n) is 7.22. The van der Waals surface area contributed by atoms with E-state index in [-0.39, 0.29) is 11.9 Å². The summed E-state index contributed by atoms with van der Waals surface area (Å²) in [5, 5.41) is 3.02. The lowest BCUT2D eigenvalue weighted by Crippen LogP contribution is -2.40. The van der Waals surface area contributed by atoms with E-state index < -0.39 is 0 Å². The van der Waals surface area contributed by atoms with Crippen LogP contribution in [0.4, 0.5) is 0 Å². The van der Waals surface area contributed by atoms with Crippen molar-refractivity contribution in [3.63, 3.8) is 0 Å². The number of rotatable bonds is 8. The van der Waals surface area contributed by atoms with Crippen LogP contribution in [0.5, 0.6) is 5.75 Å². The minimum Gasteiger partial charge on any atom is -0.493 e. The second kappa shape index (κ2) is 8.59. The van der Waals surface area contributed by atoms with Gasteiger partial charge in [0.1, 0.15) is 5.75 Å². The fraction of sp³-hybridized carbons (Fsp3) is 0.562. The van der Waals surface area contributed by atoms with E-state index in [1.54, 1.807) is 0 Å². The largest absolute Gasteiger partial charge is 0.493 e. The van der Waals surface area contributed by atoms with Gasteiger partial charge in [-0.15, -0.1) is 0 Å². The zero-order valence-corrected chi connectivity index (χ0v) is 12.7. The van der Waals surface area contributed by atoms with Crippen LogP contribution in [0.25, 0.3) is 0 Å². The van der Waals surface area contributed by atoms with E-state index in [9.17, 15) is 4.79 Å². The molecular weight excluding hydrogens is 252 g/mol. The third-order valence-corrected chi connectivity index (χ3v) is 3.22. The summed E-state index contributed by atoms with van der Waals surface area (Å²) in [4.78, 5) is 11.9. The molecular formula is C16H26N2O2. The third-order valence-electron chi connectivity index (χ3n) is 3.22. The highest BCUT2D eigenvalue weighted by Crippen LogP contribution is 2.12. The molecule has 112 valence electrons. The summed E-state index contributed by atoms with van der Waals surface area (Å²) < 4.78 is 5.57. The van der Waals surface area contributed by atoms with Crippen LogP contribution in [0.3, 0.4) is 0 Å². The maximum Gasteiger partial charge on any atom is 0.223 e. The van der Waals surface area contributed by atoms with E-state index >= 15 is 0 Å². The highest BCUT2D eigenvalue weighted by molar-refractivity contribution is 5.76. The molecule has 3 N–H and O–H groups in total. The molecule has 0 fully saturated rings. The Morgan fingerprint density at radius 3 is 2.75 bits per heavy atom. The first kappa shape index (κ1) is 16.5. The zero-order chi connectivity index (χ0) is 15.0. The van der Waals surface area contributed by atoms with Gasteiger partial charge in [0.05, 0.1) is 13.0 Å². The number of carbonyl (C=O) groups is 1. The molecule has 0 saturated carbocycles. The topological polar surface area (TPSA) is 64.3 Å². The van der Waals surface area contributed by atoms with Gasteiger partial charge in [-0.25, -0.2) is 0 Å². The number of nitrogens with two attached hydrogens (primary N) is 1. The van der Waals surface area contributed by atoms with E-state index in [0.29, 0.717) is 25.5 Å². The maximum atomic E-state index is 11.9. The number of ether oxygens (including phenoxy) is 1. The van der Waals surface area contributed by atoms with Crippen LogP contribution in [-0.4, -0.2) is 25.1 Å². The van der Waals surface area contributed by atoms with Crippen molar-refractivity contribution in [2.75, 3.05) is 13.2 Å². The Balaban J connectivity index is 2.32. The fourth-order valence-corrected chi connectivity index (χ4v) is 2.00. The minimum atomic E-state index is 0.0183. The Hall–Kier alpha value is -1.55. The molecule has 1 aromatic rings. The van der Waals surface area contributed by atoms with E-state index in [2.05, 4.69) is 19.2 Å². The van der Waals surface area contributed by atoms with Gasteiger partial charge < -0.3 is 15.8 Å². The summed E-state index contributed by atoms with van der Waals surface area (Å²) >= 11 is 0. The molecule has 1 rings (SSSR count). The van der Waals surface area contributed by atoms with Crippen LogP contribution >= 0.6 is 0 Å². The van der Waals surface area contributed by atoms with Crippen LogP contribution in [-0.2, 0) is 4.79 Å². The molecule has 1 amide bonds. The summed E-state index contributed by atoms with van der Waals surface area (Å²) in [7, 11) is 0. The van der Waals surface area contributed by atoms with Gasteiger partial charge in [-0.3, -0.25) is 4.79 Å². The first-order chi connectivity index (χ1) is 9.52. The SMILES string of the molecule is Cc1cccc(OCCC(=O)NC(CCN)C(C)C)c1. The van der Waals surface area contributed by atoms with Gasteiger partial charge in [0, 0.05) is 6.04 Å². The summed E-state index contributed by atoms with van der Waals surface area (Å²) in [5.74, 6) is 1.21. The van der Waals surface area contributed by atoms with Crippen molar-refractivity contribution >= 4 is 5.91 Å². The van der Waals surface area contributed by atoms with Crippen LogP contribution in [0.1, 0.15) is 32.3 Å². The van der Waals surface area contributed by atoms with Gasteiger partial charge in [0.15, 0.2) is 0 Å². The number of carbonyl (C=O) groups excluding carboxylic acids is 1. The Kier molecular flexibility index (Phi) is 7.09. The molecule has 1 unspecified atom stereocenters. The monoisotopic (exact) mass is 278 g/mol. The molecule has 0 heterocycles. The molecule has 4 heteroatoms. The van der Waals surface area contributed by atoms with E-state index in [1.807, 2.05) is 31.2 Å². The van der Waals surface area contributed by atoms with E-state index in [1.165, 1.54) is 0 Å². The van der Waals surface area contributed by atoms with Crippen LogP contribution in [0.2, 0.25) is 0 Å². The van der Waals surface area contributed by atoms with Crippen LogP contribution < -0.4 is 15.8 Å². The van der Waals surface area contributed by atoms with Crippen molar-refractivity contribution in [2.24, 2.45) is 11.7 Å². The lowest BCUT2D eigenvalue weighted by atomic mass is 10.0. The molecule has 0 radical (unpaired) electrons. The van der Waals surface area contributed by atoms with Crippen molar-refractivity contribution in [3.05, 3.63) is 29.8 Å². The predicted octanol–water partition coefficient (Wildman–Crippen LogP) is 2.25. The molecule has 0 aliphatic heterocycles. The van der Waals surface area contributed by atoms with Gasteiger partial charge in [0.2, 0.25) is 5.91 Å². The number of nitrogens with one attached hydrogen (secondary N) is 1. The van der Waals surface area contributed by atoms with Crippen LogP contribution in [0, 0.1) is 12.8 Å². The molecule has 0 aromatic heterocycles. The average Bonchev–Trinajstić information content (AvgIpc) is 2.38. The van der Waals surface area contributed by atoms with Crippen molar-refractivity contribution in [1.29, 1.82) is 0 Å². The zero-order valence-electron chi connectivity index (χ0n) is 12.7. The Morgan fingerprint density at radius 2 is 2.15 bits per heavy atom. The normalized spacial score (nSPS) is 12.2. The lowest BCUT2D eigenvalue weighted by Gasteiger charge is -2.21. The molecule has 0 aliphatic rings. The predicted molar refractivity (Wildman–Crippen MR) is 81.7 cm³/mol. The highest BCUT2D eigenvalue weighted by atomic mass is 16.5. The van der Waals surface area contributed by atoms with E-state index in [0.717, 1.165) is 17.7 Å². The lowest BCUT2D eigenvalue weighted by molar-refractivity contribution is -0.122. The number of amides is 1. The molecule has 1 aromatic carbocycles. The summed E-state index contributed by atoms with van der Waals surface area (Å²) in [6, 6.07) is 7.96. The number of benzene rings is 1. The molecule has 0 bridgehead atoms. The minimum absolute atomic E-state index is 0.0183. The van der Waals surface area contributed by atoms with Gasteiger partial charge in [-0.2, -0.15) is 0 Å². The quantitative estimate of drug-likeness (QED) is 0.766. The van der Waals surface area contributed by atoms with E-state index in [4.69, 9.17) is 10.5 Å². The standard InChI is InChI=1S/C16H26N2O2/c1-12(2)15(7-9-17)18-16(19)8-10-20-14-6-4-5-13(3)11-14/h4-6,11-12,15H,7-10,17H2,1-3H3,(H,18,19). The maximum absolute atomic E-state index is 11.9. The van der Waals surface area contributed by atoms with Crippen molar-refractivity contribution in [1.82, 2.24) is 5.32 Å². The molecule has 1 atom stereocenters.